The van der Waals surface area contributed by atoms with Gasteiger partial charge in [0.2, 0.25) is 0 Å². The van der Waals surface area contributed by atoms with Crippen molar-refractivity contribution in [2.24, 2.45) is 0 Å². The van der Waals surface area contributed by atoms with E-state index in [0.29, 0.717) is 24.6 Å². The first-order valence-electron chi connectivity index (χ1n) is 8.44. The fourth-order valence-corrected chi connectivity index (χ4v) is 4.98. The molecule has 0 amide bonds. The number of anilines is 1. The zero-order valence-corrected chi connectivity index (χ0v) is 14.8. The molecule has 0 saturated carbocycles. The fourth-order valence-electron chi connectivity index (χ4n) is 3.22. The Morgan fingerprint density at radius 1 is 1.29 bits per heavy atom. The Labute approximate surface area is 143 Å². The van der Waals surface area contributed by atoms with E-state index in [2.05, 4.69) is 21.8 Å². The standard InChI is InChI=1S/C17H24N4O2S/c1-2-3-9-21(13-8-10-24(22,23)12-13)11-16-19-15-7-5-4-6-14(15)17(18)20-16/h4-7,13H,2-3,8-12H2,1H3,(H2,18,19,20). The van der Waals surface area contributed by atoms with Gasteiger partial charge in [-0.1, -0.05) is 25.5 Å². The highest BCUT2D eigenvalue weighted by Crippen LogP contribution is 2.22. The molecule has 7 heteroatoms. The van der Waals surface area contributed by atoms with Gasteiger partial charge in [0.05, 0.1) is 23.6 Å². The van der Waals surface area contributed by atoms with Crippen LogP contribution in [0, 0.1) is 0 Å². The van der Waals surface area contributed by atoms with Crippen molar-refractivity contribution in [2.45, 2.75) is 38.8 Å². The Morgan fingerprint density at radius 3 is 2.79 bits per heavy atom. The number of rotatable bonds is 6. The van der Waals surface area contributed by atoms with Crippen LogP contribution in [0.1, 0.15) is 32.0 Å². The van der Waals surface area contributed by atoms with Gasteiger partial charge in [0, 0.05) is 11.4 Å². The Bertz CT molecular complexity index is 822. The number of unbranched alkanes of at least 4 members (excludes halogenated alkanes) is 1. The van der Waals surface area contributed by atoms with E-state index in [9.17, 15) is 8.42 Å². The summed E-state index contributed by atoms with van der Waals surface area (Å²) in [4.78, 5) is 11.2. The fraction of sp³-hybridized carbons (Fsp3) is 0.529. The van der Waals surface area contributed by atoms with Gasteiger partial charge in [-0.25, -0.2) is 18.4 Å². The molecule has 1 aromatic heterocycles. The minimum atomic E-state index is -2.91. The van der Waals surface area contributed by atoms with Crippen LogP contribution in [0.25, 0.3) is 10.9 Å². The third-order valence-electron chi connectivity index (χ3n) is 4.55. The maximum Gasteiger partial charge on any atom is 0.151 e. The maximum absolute atomic E-state index is 11.8. The quantitative estimate of drug-likeness (QED) is 0.859. The number of hydrogen-bond acceptors (Lipinski definition) is 6. The number of para-hydroxylation sites is 1. The largest absolute Gasteiger partial charge is 0.383 e. The molecule has 0 bridgehead atoms. The third-order valence-corrected chi connectivity index (χ3v) is 6.30. The molecule has 3 rings (SSSR count). The summed E-state index contributed by atoms with van der Waals surface area (Å²) < 4.78 is 23.6. The van der Waals surface area contributed by atoms with Gasteiger partial charge in [-0.2, -0.15) is 0 Å². The summed E-state index contributed by atoms with van der Waals surface area (Å²) in [7, 11) is -2.91. The summed E-state index contributed by atoms with van der Waals surface area (Å²) in [6.07, 6.45) is 2.78. The average molecular weight is 348 g/mol. The van der Waals surface area contributed by atoms with Crippen LogP contribution in [0.3, 0.4) is 0 Å². The Balaban J connectivity index is 1.84. The molecule has 2 aromatic rings. The summed E-state index contributed by atoms with van der Waals surface area (Å²) in [5.74, 6) is 1.65. The molecule has 0 spiro atoms. The van der Waals surface area contributed by atoms with Crippen molar-refractivity contribution in [3.05, 3.63) is 30.1 Å². The smallest absolute Gasteiger partial charge is 0.151 e. The van der Waals surface area contributed by atoms with Gasteiger partial charge in [-0.3, -0.25) is 4.90 Å². The lowest BCUT2D eigenvalue weighted by Gasteiger charge is -2.27. The van der Waals surface area contributed by atoms with E-state index in [-0.39, 0.29) is 17.5 Å². The number of fused-ring (bicyclic) bond motifs is 1. The van der Waals surface area contributed by atoms with E-state index in [4.69, 9.17) is 5.73 Å². The topological polar surface area (TPSA) is 89.2 Å². The SMILES string of the molecule is CCCCN(Cc1nc(N)c2ccccc2n1)C1CCS(=O)(=O)C1. The van der Waals surface area contributed by atoms with Crippen LogP contribution in [-0.2, 0) is 16.4 Å². The molecule has 2 heterocycles. The third kappa shape index (κ3) is 3.84. The molecule has 1 fully saturated rings. The predicted molar refractivity (Wildman–Crippen MR) is 96.3 cm³/mol. The number of benzene rings is 1. The Kier molecular flexibility index (Phi) is 5.01. The van der Waals surface area contributed by atoms with E-state index >= 15 is 0 Å². The lowest BCUT2D eigenvalue weighted by molar-refractivity contribution is 0.196. The first kappa shape index (κ1) is 17.1. The normalized spacial score (nSPS) is 20.0. The van der Waals surface area contributed by atoms with Crippen LogP contribution in [0.5, 0.6) is 0 Å². The lowest BCUT2D eigenvalue weighted by Crippen LogP contribution is -2.37. The van der Waals surface area contributed by atoms with Crippen molar-refractivity contribution in [3.63, 3.8) is 0 Å². The summed E-state index contributed by atoms with van der Waals surface area (Å²) in [6.45, 7) is 3.52. The first-order valence-corrected chi connectivity index (χ1v) is 10.3. The predicted octanol–water partition coefficient (Wildman–Crippen LogP) is 2.00. The molecular weight excluding hydrogens is 324 g/mol. The van der Waals surface area contributed by atoms with Crippen molar-refractivity contribution >= 4 is 26.6 Å². The number of nitrogens with zero attached hydrogens (tertiary/aromatic N) is 3. The van der Waals surface area contributed by atoms with Crippen LogP contribution in [0.2, 0.25) is 0 Å². The van der Waals surface area contributed by atoms with Gasteiger partial charge in [0.1, 0.15) is 11.6 Å². The number of hydrogen-bond donors (Lipinski definition) is 1. The van der Waals surface area contributed by atoms with E-state index in [1.54, 1.807) is 0 Å². The average Bonchev–Trinajstić information content (AvgIpc) is 2.91. The van der Waals surface area contributed by atoms with Crippen LogP contribution in [0.15, 0.2) is 24.3 Å². The van der Waals surface area contributed by atoms with E-state index in [1.165, 1.54) is 0 Å². The highest BCUT2D eigenvalue weighted by atomic mass is 32.2. The summed E-state index contributed by atoms with van der Waals surface area (Å²) in [6, 6.07) is 7.73. The van der Waals surface area contributed by atoms with Crippen molar-refractivity contribution < 1.29 is 8.42 Å². The highest BCUT2D eigenvalue weighted by molar-refractivity contribution is 7.91. The van der Waals surface area contributed by atoms with E-state index in [0.717, 1.165) is 30.3 Å². The second kappa shape index (κ2) is 7.03. The Hall–Kier alpha value is -1.73. The molecule has 1 aliphatic heterocycles. The molecule has 6 nitrogen and oxygen atoms in total. The second-order valence-corrected chi connectivity index (χ2v) is 8.65. The van der Waals surface area contributed by atoms with E-state index in [1.807, 2.05) is 24.3 Å². The number of nitrogen functional groups attached to an aromatic ring is 1. The van der Waals surface area contributed by atoms with Gasteiger partial charge in [0.25, 0.3) is 0 Å². The van der Waals surface area contributed by atoms with Crippen molar-refractivity contribution in [2.75, 3.05) is 23.8 Å². The molecule has 130 valence electrons. The first-order chi connectivity index (χ1) is 11.5. The lowest BCUT2D eigenvalue weighted by atomic mass is 10.2. The van der Waals surface area contributed by atoms with Crippen LogP contribution in [0.4, 0.5) is 5.82 Å². The van der Waals surface area contributed by atoms with Crippen molar-refractivity contribution in [1.82, 2.24) is 14.9 Å². The molecule has 1 aliphatic rings. The minimum Gasteiger partial charge on any atom is -0.383 e. The summed E-state index contributed by atoms with van der Waals surface area (Å²) >= 11 is 0. The van der Waals surface area contributed by atoms with Gasteiger partial charge >= 0.3 is 0 Å². The molecule has 1 atom stereocenters. The molecule has 1 saturated heterocycles. The van der Waals surface area contributed by atoms with Crippen LogP contribution >= 0.6 is 0 Å². The molecule has 0 aliphatic carbocycles. The van der Waals surface area contributed by atoms with Crippen molar-refractivity contribution in [1.29, 1.82) is 0 Å². The van der Waals surface area contributed by atoms with Gasteiger partial charge < -0.3 is 5.73 Å². The number of sulfone groups is 1. The van der Waals surface area contributed by atoms with Gasteiger partial charge in [-0.05, 0) is 31.5 Å². The van der Waals surface area contributed by atoms with Crippen LogP contribution in [-0.4, -0.2) is 47.4 Å². The zero-order valence-electron chi connectivity index (χ0n) is 14.0. The number of nitrogens with two attached hydrogens (primary N) is 1. The zero-order chi connectivity index (χ0) is 17.2. The van der Waals surface area contributed by atoms with E-state index < -0.39 is 9.84 Å². The van der Waals surface area contributed by atoms with Crippen molar-refractivity contribution in [3.8, 4) is 0 Å². The molecule has 1 unspecified atom stereocenters. The highest BCUT2D eigenvalue weighted by Gasteiger charge is 2.32. The molecule has 1 aromatic carbocycles. The maximum atomic E-state index is 11.8. The molecule has 2 N–H and O–H groups in total. The Morgan fingerprint density at radius 2 is 2.08 bits per heavy atom. The summed E-state index contributed by atoms with van der Waals surface area (Å²) in [5, 5.41) is 0.852. The second-order valence-electron chi connectivity index (χ2n) is 6.42. The minimum absolute atomic E-state index is 0.0536. The summed E-state index contributed by atoms with van der Waals surface area (Å²) in [5.41, 5.74) is 6.89. The van der Waals surface area contributed by atoms with Gasteiger partial charge in [0.15, 0.2) is 9.84 Å². The van der Waals surface area contributed by atoms with Crippen LogP contribution < -0.4 is 5.73 Å². The number of aromatic nitrogens is 2. The molecular formula is C17H24N4O2S. The van der Waals surface area contributed by atoms with Gasteiger partial charge in [-0.15, -0.1) is 0 Å². The molecule has 0 radical (unpaired) electrons. The monoisotopic (exact) mass is 348 g/mol. The molecule has 24 heavy (non-hydrogen) atoms.